The Morgan fingerprint density at radius 1 is 1.60 bits per heavy atom. The van der Waals surface area contributed by atoms with Crippen molar-refractivity contribution in [2.75, 3.05) is 11.9 Å². The average Bonchev–Trinajstić information content (AvgIpc) is 2.14. The molecule has 0 unspecified atom stereocenters. The number of carboxylic acids is 1. The maximum Gasteiger partial charge on any atom is 0.322 e. The Hall–Kier alpha value is -2.11. The smallest absolute Gasteiger partial charge is 0.322 e. The molecule has 0 amide bonds. The van der Waals surface area contributed by atoms with E-state index < -0.39 is 10.9 Å². The van der Waals surface area contributed by atoms with E-state index in [1.54, 1.807) is 13.0 Å². The molecule has 1 aromatic rings. The van der Waals surface area contributed by atoms with Crippen molar-refractivity contribution in [3.63, 3.8) is 0 Å². The minimum absolute atomic E-state index is 0.0240. The molecule has 0 spiro atoms. The highest BCUT2D eigenvalue weighted by Crippen LogP contribution is 2.21. The molecule has 0 aliphatic heterocycles. The van der Waals surface area contributed by atoms with Gasteiger partial charge >= 0.3 is 5.97 Å². The lowest BCUT2D eigenvalue weighted by Gasteiger charge is -2.04. The largest absolute Gasteiger partial charge is 0.480 e. The van der Waals surface area contributed by atoms with Crippen LogP contribution in [0.1, 0.15) is 5.56 Å². The standard InChI is InChI=1S/C9H10N2O4/c1-6-4-7(10-5-9(12)13)2-3-8(6)11(14)15/h2-4,10H,5H2,1H3,(H,12,13). The first-order valence-corrected chi connectivity index (χ1v) is 4.21. The predicted molar refractivity (Wildman–Crippen MR) is 54.0 cm³/mol. The average molecular weight is 210 g/mol. The molecule has 0 bridgehead atoms. The minimum atomic E-state index is -0.981. The Morgan fingerprint density at radius 3 is 2.73 bits per heavy atom. The van der Waals surface area contributed by atoms with Gasteiger partial charge in [0.15, 0.2) is 0 Å². The molecule has 0 saturated carbocycles. The van der Waals surface area contributed by atoms with E-state index in [9.17, 15) is 14.9 Å². The van der Waals surface area contributed by atoms with E-state index in [1.165, 1.54) is 12.1 Å². The van der Waals surface area contributed by atoms with Gasteiger partial charge in [0, 0.05) is 17.3 Å². The molecular weight excluding hydrogens is 200 g/mol. The van der Waals surface area contributed by atoms with Crippen LogP contribution in [-0.4, -0.2) is 22.5 Å². The summed E-state index contributed by atoms with van der Waals surface area (Å²) >= 11 is 0. The number of benzene rings is 1. The number of carbonyl (C=O) groups is 1. The Balaban J connectivity index is 2.82. The van der Waals surface area contributed by atoms with E-state index in [0.717, 1.165) is 0 Å². The topological polar surface area (TPSA) is 92.5 Å². The summed E-state index contributed by atoms with van der Waals surface area (Å²) in [5.74, 6) is -0.981. The molecule has 0 heterocycles. The van der Waals surface area contributed by atoms with E-state index in [1.807, 2.05) is 0 Å². The summed E-state index contributed by atoms with van der Waals surface area (Å²) in [6, 6.07) is 4.37. The quantitative estimate of drug-likeness (QED) is 0.578. The second-order valence-corrected chi connectivity index (χ2v) is 3.01. The number of carboxylic acid groups (broad SMARTS) is 1. The lowest BCUT2D eigenvalue weighted by Crippen LogP contribution is -2.12. The zero-order chi connectivity index (χ0) is 11.4. The first kappa shape index (κ1) is 11.0. The van der Waals surface area contributed by atoms with Crippen LogP contribution in [0.2, 0.25) is 0 Å². The van der Waals surface area contributed by atoms with Crippen molar-refractivity contribution < 1.29 is 14.8 Å². The fourth-order valence-corrected chi connectivity index (χ4v) is 1.15. The summed E-state index contributed by atoms with van der Waals surface area (Å²) in [6.45, 7) is 1.39. The maximum atomic E-state index is 10.5. The SMILES string of the molecule is Cc1cc(NCC(=O)O)ccc1[N+](=O)[O-]. The maximum absolute atomic E-state index is 10.5. The van der Waals surface area contributed by atoms with Crippen molar-refractivity contribution in [3.05, 3.63) is 33.9 Å². The zero-order valence-corrected chi connectivity index (χ0v) is 8.06. The molecular formula is C9H10N2O4. The molecule has 0 aliphatic carbocycles. The van der Waals surface area contributed by atoms with Gasteiger partial charge in [0.2, 0.25) is 0 Å². The normalized spacial score (nSPS) is 9.67. The van der Waals surface area contributed by atoms with Gasteiger partial charge in [-0.15, -0.1) is 0 Å². The molecule has 1 aromatic carbocycles. The van der Waals surface area contributed by atoms with Crippen molar-refractivity contribution in [2.45, 2.75) is 6.92 Å². The van der Waals surface area contributed by atoms with Crippen molar-refractivity contribution in [1.29, 1.82) is 0 Å². The first-order valence-electron chi connectivity index (χ1n) is 4.21. The fourth-order valence-electron chi connectivity index (χ4n) is 1.15. The molecule has 0 fully saturated rings. The number of rotatable bonds is 4. The Labute approximate surface area is 85.7 Å². The van der Waals surface area contributed by atoms with Gasteiger partial charge in [-0.05, 0) is 19.1 Å². The molecule has 6 nitrogen and oxygen atoms in total. The van der Waals surface area contributed by atoms with Gasteiger partial charge in [0.05, 0.1) is 4.92 Å². The van der Waals surface area contributed by atoms with Crippen LogP contribution >= 0.6 is 0 Å². The number of nitrogens with zero attached hydrogens (tertiary/aromatic N) is 1. The third kappa shape index (κ3) is 2.94. The van der Waals surface area contributed by atoms with Crippen LogP contribution in [0.15, 0.2) is 18.2 Å². The van der Waals surface area contributed by atoms with Gasteiger partial charge in [-0.1, -0.05) is 0 Å². The van der Waals surface area contributed by atoms with Crippen LogP contribution in [0.4, 0.5) is 11.4 Å². The molecule has 0 atom stereocenters. The summed E-state index contributed by atoms with van der Waals surface area (Å²) in [6.07, 6.45) is 0. The number of nitro benzene ring substituents is 1. The van der Waals surface area contributed by atoms with Gasteiger partial charge in [0.1, 0.15) is 6.54 Å². The van der Waals surface area contributed by atoms with Crippen LogP contribution in [-0.2, 0) is 4.79 Å². The Morgan fingerprint density at radius 2 is 2.27 bits per heavy atom. The van der Waals surface area contributed by atoms with Crippen molar-refractivity contribution >= 4 is 17.3 Å². The van der Waals surface area contributed by atoms with E-state index >= 15 is 0 Å². The molecule has 1 rings (SSSR count). The van der Waals surface area contributed by atoms with Crippen LogP contribution < -0.4 is 5.32 Å². The molecule has 0 radical (unpaired) electrons. The number of hydrogen-bond donors (Lipinski definition) is 2. The van der Waals surface area contributed by atoms with E-state index in [0.29, 0.717) is 11.3 Å². The molecule has 6 heteroatoms. The number of nitro groups is 1. The third-order valence-corrected chi connectivity index (χ3v) is 1.84. The van der Waals surface area contributed by atoms with Gasteiger partial charge < -0.3 is 10.4 Å². The van der Waals surface area contributed by atoms with E-state index in [4.69, 9.17) is 5.11 Å². The van der Waals surface area contributed by atoms with Crippen LogP contribution in [0.25, 0.3) is 0 Å². The van der Waals surface area contributed by atoms with Gasteiger partial charge in [-0.2, -0.15) is 0 Å². The number of aryl methyl sites for hydroxylation is 1. The fraction of sp³-hybridized carbons (Fsp3) is 0.222. The number of hydrogen-bond acceptors (Lipinski definition) is 4. The minimum Gasteiger partial charge on any atom is -0.480 e. The first-order chi connectivity index (χ1) is 7.00. The second-order valence-electron chi connectivity index (χ2n) is 3.01. The van der Waals surface area contributed by atoms with Crippen LogP contribution in [0.3, 0.4) is 0 Å². The van der Waals surface area contributed by atoms with E-state index in [-0.39, 0.29) is 12.2 Å². The number of anilines is 1. The molecule has 2 N–H and O–H groups in total. The molecule has 0 aromatic heterocycles. The van der Waals surface area contributed by atoms with Gasteiger partial charge in [0.25, 0.3) is 5.69 Å². The molecule has 0 saturated heterocycles. The summed E-state index contributed by atoms with van der Waals surface area (Å²) < 4.78 is 0. The lowest BCUT2D eigenvalue weighted by atomic mass is 10.2. The summed E-state index contributed by atoms with van der Waals surface area (Å²) in [7, 11) is 0. The molecule has 80 valence electrons. The predicted octanol–water partition coefficient (Wildman–Crippen LogP) is 1.40. The van der Waals surface area contributed by atoms with Gasteiger partial charge in [-0.3, -0.25) is 14.9 Å². The monoisotopic (exact) mass is 210 g/mol. The van der Waals surface area contributed by atoms with Crippen molar-refractivity contribution in [3.8, 4) is 0 Å². The van der Waals surface area contributed by atoms with Gasteiger partial charge in [-0.25, -0.2) is 0 Å². The number of nitrogens with one attached hydrogen (secondary N) is 1. The number of aliphatic carboxylic acids is 1. The molecule has 15 heavy (non-hydrogen) atoms. The van der Waals surface area contributed by atoms with E-state index in [2.05, 4.69) is 5.32 Å². The van der Waals surface area contributed by atoms with Crippen LogP contribution in [0.5, 0.6) is 0 Å². The highest BCUT2D eigenvalue weighted by atomic mass is 16.6. The highest BCUT2D eigenvalue weighted by molar-refractivity contribution is 5.73. The van der Waals surface area contributed by atoms with Crippen LogP contribution in [0, 0.1) is 17.0 Å². The summed E-state index contributed by atoms with van der Waals surface area (Å²) in [5, 5.41) is 21.5. The lowest BCUT2D eigenvalue weighted by molar-refractivity contribution is -0.385. The van der Waals surface area contributed by atoms with Crippen molar-refractivity contribution in [1.82, 2.24) is 0 Å². The summed E-state index contributed by atoms with van der Waals surface area (Å²) in [5.41, 5.74) is 1.08. The Kier molecular flexibility index (Phi) is 3.22. The third-order valence-electron chi connectivity index (χ3n) is 1.84. The zero-order valence-electron chi connectivity index (χ0n) is 8.06. The highest BCUT2D eigenvalue weighted by Gasteiger charge is 2.09. The Bertz CT molecular complexity index is 403. The second kappa shape index (κ2) is 4.41. The summed E-state index contributed by atoms with van der Waals surface area (Å²) in [4.78, 5) is 20.3. The molecule has 0 aliphatic rings. The van der Waals surface area contributed by atoms with Crippen molar-refractivity contribution in [2.24, 2.45) is 0 Å².